The van der Waals surface area contributed by atoms with Gasteiger partial charge in [0.1, 0.15) is 5.75 Å². The number of hydrogen-bond donors (Lipinski definition) is 3. The van der Waals surface area contributed by atoms with Crippen LogP contribution in [0, 0.1) is 0 Å². The third-order valence-corrected chi connectivity index (χ3v) is 3.23. The Morgan fingerprint density at radius 2 is 2.12 bits per heavy atom. The molecule has 5 heteroatoms. The van der Waals surface area contributed by atoms with E-state index in [0.717, 1.165) is 45.0 Å². The minimum absolute atomic E-state index is 0.124. The van der Waals surface area contributed by atoms with Crippen LogP contribution in [0.4, 0.5) is 5.69 Å². The van der Waals surface area contributed by atoms with E-state index in [4.69, 9.17) is 11.6 Å². The molecule has 0 atom stereocenters. The molecule has 1 aromatic carbocycles. The van der Waals surface area contributed by atoms with Gasteiger partial charge in [-0.15, -0.1) is 0 Å². The van der Waals surface area contributed by atoms with Crippen LogP contribution in [0.5, 0.6) is 5.75 Å². The Hall–Kier alpha value is -0.970. The number of benzene rings is 1. The molecule has 0 saturated carbocycles. The number of halogens is 1. The Kier molecular flexibility index (Phi) is 4.48. The summed E-state index contributed by atoms with van der Waals surface area (Å²) in [5.74, 6) is 0.124. The van der Waals surface area contributed by atoms with Gasteiger partial charge in [-0.2, -0.15) is 0 Å². The molecule has 94 valence electrons. The highest BCUT2D eigenvalue weighted by Crippen LogP contribution is 2.25. The van der Waals surface area contributed by atoms with Crippen LogP contribution < -0.4 is 10.6 Å². The summed E-state index contributed by atoms with van der Waals surface area (Å²) in [5, 5.41) is 16.5. The van der Waals surface area contributed by atoms with Crippen molar-refractivity contribution >= 4 is 17.3 Å². The predicted octanol–water partition coefficient (Wildman–Crippen LogP) is 1.36. The molecule has 0 unspecified atom stereocenters. The van der Waals surface area contributed by atoms with Gasteiger partial charge in [0.15, 0.2) is 0 Å². The number of nitrogens with zero attached hydrogens (tertiary/aromatic N) is 1. The molecule has 0 amide bonds. The lowest BCUT2D eigenvalue weighted by molar-refractivity contribution is 0.249. The zero-order chi connectivity index (χ0) is 12.1. The molecule has 1 aromatic rings. The number of anilines is 1. The average Bonchev–Trinajstić information content (AvgIpc) is 2.35. The number of nitrogens with one attached hydrogen (secondary N) is 2. The molecule has 0 radical (unpaired) electrons. The Morgan fingerprint density at radius 1 is 1.35 bits per heavy atom. The van der Waals surface area contributed by atoms with Crippen molar-refractivity contribution in [3.8, 4) is 5.75 Å². The quantitative estimate of drug-likeness (QED) is 0.761. The molecular formula is C12H18ClN3O. The van der Waals surface area contributed by atoms with Crippen molar-refractivity contribution in [2.45, 2.75) is 0 Å². The van der Waals surface area contributed by atoms with E-state index in [1.165, 1.54) is 0 Å². The molecule has 4 nitrogen and oxygen atoms in total. The monoisotopic (exact) mass is 255 g/mol. The highest BCUT2D eigenvalue weighted by molar-refractivity contribution is 6.32. The summed E-state index contributed by atoms with van der Waals surface area (Å²) < 4.78 is 0. The molecule has 0 bridgehead atoms. The molecule has 0 aliphatic carbocycles. The lowest BCUT2D eigenvalue weighted by Crippen LogP contribution is -2.45. The SMILES string of the molecule is Oc1cc(NCCN2CCNCC2)ccc1Cl. The normalized spacial score (nSPS) is 17.0. The first kappa shape index (κ1) is 12.5. The second-order valence-corrected chi connectivity index (χ2v) is 4.59. The average molecular weight is 256 g/mol. The van der Waals surface area contributed by atoms with Crippen LogP contribution in [0.25, 0.3) is 0 Å². The molecule has 2 rings (SSSR count). The number of rotatable bonds is 4. The molecule has 3 N–H and O–H groups in total. The highest BCUT2D eigenvalue weighted by atomic mass is 35.5. The fourth-order valence-corrected chi connectivity index (χ4v) is 2.03. The topological polar surface area (TPSA) is 47.5 Å². The molecular weight excluding hydrogens is 238 g/mol. The number of phenolic OH excluding ortho intramolecular Hbond substituents is 1. The third kappa shape index (κ3) is 3.77. The second-order valence-electron chi connectivity index (χ2n) is 4.18. The number of piperazine rings is 1. The van der Waals surface area contributed by atoms with Gasteiger partial charge in [0, 0.05) is 51.0 Å². The van der Waals surface area contributed by atoms with Crippen LogP contribution in [0.3, 0.4) is 0 Å². The van der Waals surface area contributed by atoms with Crippen LogP contribution in [0.1, 0.15) is 0 Å². The fraction of sp³-hybridized carbons (Fsp3) is 0.500. The molecule has 17 heavy (non-hydrogen) atoms. The van der Waals surface area contributed by atoms with Crippen LogP contribution in [-0.4, -0.2) is 49.3 Å². The van der Waals surface area contributed by atoms with Crippen molar-refractivity contribution in [3.63, 3.8) is 0 Å². The van der Waals surface area contributed by atoms with Crippen LogP contribution in [-0.2, 0) is 0 Å². The van der Waals surface area contributed by atoms with E-state index in [0.29, 0.717) is 5.02 Å². The number of hydrogen-bond acceptors (Lipinski definition) is 4. The van der Waals surface area contributed by atoms with Gasteiger partial charge in [0.25, 0.3) is 0 Å². The summed E-state index contributed by atoms with van der Waals surface area (Å²) in [6.45, 7) is 6.25. The lowest BCUT2D eigenvalue weighted by Gasteiger charge is -2.27. The summed E-state index contributed by atoms with van der Waals surface area (Å²) in [7, 11) is 0. The molecule has 1 saturated heterocycles. The van der Waals surface area contributed by atoms with Gasteiger partial charge >= 0.3 is 0 Å². The van der Waals surface area contributed by atoms with E-state index in [9.17, 15) is 5.11 Å². The lowest BCUT2D eigenvalue weighted by atomic mass is 10.3. The van der Waals surface area contributed by atoms with Crippen molar-refractivity contribution in [3.05, 3.63) is 23.2 Å². The standard InChI is InChI=1S/C12H18ClN3O/c13-11-2-1-10(9-12(11)17)15-5-8-16-6-3-14-4-7-16/h1-2,9,14-15,17H,3-8H2. The Labute approximate surface area is 107 Å². The van der Waals surface area contributed by atoms with Crippen molar-refractivity contribution in [2.24, 2.45) is 0 Å². The first-order valence-electron chi connectivity index (χ1n) is 5.91. The predicted molar refractivity (Wildman–Crippen MR) is 70.9 cm³/mol. The zero-order valence-corrected chi connectivity index (χ0v) is 10.5. The van der Waals surface area contributed by atoms with E-state index in [-0.39, 0.29) is 5.75 Å². The first-order chi connectivity index (χ1) is 8.25. The summed E-state index contributed by atoms with van der Waals surface area (Å²) in [4.78, 5) is 2.42. The van der Waals surface area contributed by atoms with E-state index in [2.05, 4.69) is 15.5 Å². The highest BCUT2D eigenvalue weighted by Gasteiger charge is 2.08. The molecule has 0 spiro atoms. The van der Waals surface area contributed by atoms with Gasteiger partial charge < -0.3 is 15.7 Å². The van der Waals surface area contributed by atoms with Crippen molar-refractivity contribution in [1.29, 1.82) is 0 Å². The minimum atomic E-state index is 0.124. The largest absolute Gasteiger partial charge is 0.506 e. The zero-order valence-electron chi connectivity index (χ0n) is 9.75. The Morgan fingerprint density at radius 3 is 2.82 bits per heavy atom. The van der Waals surface area contributed by atoms with Gasteiger partial charge in [-0.25, -0.2) is 0 Å². The Bertz CT molecular complexity index is 367. The first-order valence-corrected chi connectivity index (χ1v) is 6.29. The van der Waals surface area contributed by atoms with Crippen molar-refractivity contribution in [2.75, 3.05) is 44.6 Å². The maximum atomic E-state index is 9.46. The molecule has 1 aliphatic rings. The molecule has 1 aliphatic heterocycles. The Balaban J connectivity index is 1.75. The maximum Gasteiger partial charge on any atom is 0.136 e. The maximum absolute atomic E-state index is 9.46. The van der Waals surface area contributed by atoms with Gasteiger partial charge in [-0.05, 0) is 12.1 Å². The van der Waals surface area contributed by atoms with E-state index in [1.807, 2.05) is 6.07 Å². The van der Waals surface area contributed by atoms with E-state index < -0.39 is 0 Å². The van der Waals surface area contributed by atoms with E-state index in [1.54, 1.807) is 12.1 Å². The minimum Gasteiger partial charge on any atom is -0.506 e. The van der Waals surface area contributed by atoms with E-state index >= 15 is 0 Å². The van der Waals surface area contributed by atoms with Crippen LogP contribution in [0.15, 0.2) is 18.2 Å². The summed E-state index contributed by atoms with van der Waals surface area (Å²) >= 11 is 5.74. The van der Waals surface area contributed by atoms with Gasteiger partial charge in [-0.3, -0.25) is 4.90 Å². The smallest absolute Gasteiger partial charge is 0.136 e. The third-order valence-electron chi connectivity index (χ3n) is 2.91. The van der Waals surface area contributed by atoms with Gasteiger partial charge in [-0.1, -0.05) is 11.6 Å². The van der Waals surface area contributed by atoms with Crippen LogP contribution in [0.2, 0.25) is 5.02 Å². The van der Waals surface area contributed by atoms with Gasteiger partial charge in [0.2, 0.25) is 0 Å². The van der Waals surface area contributed by atoms with Gasteiger partial charge in [0.05, 0.1) is 5.02 Å². The summed E-state index contributed by atoms with van der Waals surface area (Å²) in [6.07, 6.45) is 0. The van der Waals surface area contributed by atoms with Crippen molar-refractivity contribution < 1.29 is 5.11 Å². The van der Waals surface area contributed by atoms with Crippen LogP contribution >= 0.6 is 11.6 Å². The number of aromatic hydroxyl groups is 1. The molecule has 0 aromatic heterocycles. The second kappa shape index (κ2) is 6.10. The fourth-order valence-electron chi connectivity index (χ4n) is 1.92. The molecule has 1 heterocycles. The summed E-state index contributed by atoms with van der Waals surface area (Å²) in [6, 6.07) is 5.23. The van der Waals surface area contributed by atoms with Crippen molar-refractivity contribution in [1.82, 2.24) is 10.2 Å². The summed E-state index contributed by atoms with van der Waals surface area (Å²) in [5.41, 5.74) is 0.905. The molecule has 1 fully saturated rings. The number of phenols is 1.